The lowest BCUT2D eigenvalue weighted by Gasteiger charge is -2.38. The van der Waals surface area contributed by atoms with Crippen LogP contribution in [0.2, 0.25) is 0 Å². The Labute approximate surface area is 131 Å². The number of rotatable bonds is 11. The molecule has 21 heavy (non-hydrogen) atoms. The Bertz CT molecular complexity index is 276. The van der Waals surface area contributed by atoms with Crippen LogP contribution in [0.25, 0.3) is 0 Å². The zero-order valence-electron chi connectivity index (χ0n) is 15.2. The number of hydrogen-bond donors (Lipinski definition) is 0. The molecule has 0 fully saturated rings. The Morgan fingerprint density at radius 2 is 1.67 bits per heavy atom. The number of carbonyl (C=O) groups excluding carboxylic acids is 1. The van der Waals surface area contributed by atoms with Crippen molar-refractivity contribution >= 4 is 5.97 Å². The van der Waals surface area contributed by atoms with Crippen molar-refractivity contribution in [2.45, 2.75) is 67.2 Å². The summed E-state index contributed by atoms with van der Waals surface area (Å²) in [5.74, 6) is 0.777. The minimum atomic E-state index is -0.544. The van der Waals surface area contributed by atoms with Gasteiger partial charge in [0.2, 0.25) is 0 Å². The minimum Gasteiger partial charge on any atom is -0.465 e. The number of unbranched alkanes of at least 4 members (excludes halogenated alkanes) is 1. The van der Waals surface area contributed by atoms with E-state index in [2.05, 4.69) is 41.5 Å². The molecule has 0 spiro atoms. The maximum atomic E-state index is 12.7. The van der Waals surface area contributed by atoms with Gasteiger partial charge in [0, 0.05) is 7.11 Å². The Balaban J connectivity index is 4.82. The van der Waals surface area contributed by atoms with E-state index in [1.54, 1.807) is 7.11 Å². The van der Waals surface area contributed by atoms with Crippen molar-refractivity contribution in [3.8, 4) is 0 Å². The van der Waals surface area contributed by atoms with Crippen molar-refractivity contribution in [3.05, 3.63) is 0 Å². The predicted octanol–water partition coefficient (Wildman–Crippen LogP) is 4.69. The molecule has 0 aliphatic carbocycles. The Morgan fingerprint density at radius 3 is 2.05 bits per heavy atom. The summed E-state index contributed by atoms with van der Waals surface area (Å²) in [7, 11) is 1.66. The van der Waals surface area contributed by atoms with Crippen LogP contribution in [0.3, 0.4) is 0 Å². The van der Waals surface area contributed by atoms with E-state index in [4.69, 9.17) is 9.47 Å². The van der Waals surface area contributed by atoms with Crippen LogP contribution in [0, 0.1) is 23.2 Å². The largest absolute Gasteiger partial charge is 0.465 e. The molecule has 0 bridgehead atoms. The van der Waals surface area contributed by atoms with E-state index in [1.165, 1.54) is 12.8 Å². The van der Waals surface area contributed by atoms with Crippen LogP contribution in [0.5, 0.6) is 0 Å². The summed E-state index contributed by atoms with van der Waals surface area (Å²) in [5, 5.41) is 0. The molecule has 0 radical (unpaired) electrons. The molecule has 0 amide bonds. The molecule has 0 N–H and O–H groups in total. The van der Waals surface area contributed by atoms with Crippen molar-refractivity contribution in [3.63, 3.8) is 0 Å². The van der Waals surface area contributed by atoms with E-state index in [0.29, 0.717) is 19.1 Å². The standard InChI is InChI=1S/C18H36O3/c1-8-10-11-16(9-2)12-21-17(19)18(13-20-7,14(3)4)15(5)6/h14-16H,8-13H2,1-7H3. The quantitative estimate of drug-likeness (QED) is 0.519. The first kappa shape index (κ1) is 20.4. The fourth-order valence-electron chi connectivity index (χ4n) is 3.00. The summed E-state index contributed by atoms with van der Waals surface area (Å²) < 4.78 is 11.1. The van der Waals surface area contributed by atoms with E-state index in [-0.39, 0.29) is 17.8 Å². The smallest absolute Gasteiger partial charge is 0.314 e. The number of carbonyl (C=O) groups is 1. The van der Waals surface area contributed by atoms with Crippen LogP contribution in [-0.4, -0.2) is 26.3 Å². The van der Waals surface area contributed by atoms with Gasteiger partial charge in [0.25, 0.3) is 0 Å². The van der Waals surface area contributed by atoms with Crippen LogP contribution in [-0.2, 0) is 14.3 Å². The van der Waals surface area contributed by atoms with Gasteiger partial charge in [-0.25, -0.2) is 0 Å². The molecule has 0 aromatic rings. The summed E-state index contributed by atoms with van der Waals surface area (Å²) in [6.07, 6.45) is 4.60. The minimum absolute atomic E-state index is 0.0932. The maximum absolute atomic E-state index is 12.7. The molecule has 0 heterocycles. The second-order valence-corrected chi connectivity index (χ2v) is 6.80. The molecular formula is C18H36O3. The van der Waals surface area contributed by atoms with Crippen LogP contribution in [0.4, 0.5) is 0 Å². The normalized spacial score (nSPS) is 13.8. The molecule has 3 nitrogen and oxygen atoms in total. The van der Waals surface area contributed by atoms with Gasteiger partial charge in [-0.15, -0.1) is 0 Å². The third-order valence-corrected chi connectivity index (χ3v) is 4.82. The summed E-state index contributed by atoms with van der Waals surface area (Å²) in [6.45, 7) is 13.6. The van der Waals surface area contributed by atoms with Gasteiger partial charge in [-0.2, -0.15) is 0 Å². The Kier molecular flexibility index (Phi) is 9.93. The molecule has 0 aliphatic heterocycles. The second-order valence-electron chi connectivity index (χ2n) is 6.80. The summed E-state index contributed by atoms with van der Waals surface area (Å²) in [4.78, 5) is 12.7. The number of hydrogen-bond acceptors (Lipinski definition) is 3. The van der Waals surface area contributed by atoms with E-state index in [1.807, 2.05) is 0 Å². The highest BCUT2D eigenvalue weighted by Crippen LogP contribution is 2.38. The lowest BCUT2D eigenvalue weighted by atomic mass is 9.69. The molecule has 0 rings (SSSR count). The Morgan fingerprint density at radius 1 is 1.10 bits per heavy atom. The van der Waals surface area contributed by atoms with Crippen LogP contribution >= 0.6 is 0 Å². The first-order chi connectivity index (χ1) is 9.86. The van der Waals surface area contributed by atoms with Gasteiger partial charge in [-0.3, -0.25) is 4.79 Å². The van der Waals surface area contributed by atoms with Crippen LogP contribution < -0.4 is 0 Å². The average molecular weight is 300 g/mol. The van der Waals surface area contributed by atoms with Crippen LogP contribution in [0.1, 0.15) is 67.2 Å². The van der Waals surface area contributed by atoms with E-state index >= 15 is 0 Å². The Hall–Kier alpha value is -0.570. The average Bonchev–Trinajstić information content (AvgIpc) is 2.43. The van der Waals surface area contributed by atoms with Crippen molar-refractivity contribution in [1.82, 2.24) is 0 Å². The molecule has 0 aliphatic rings. The number of methoxy groups -OCH3 is 1. The third kappa shape index (κ3) is 5.61. The molecule has 0 saturated heterocycles. The van der Waals surface area contributed by atoms with Crippen molar-refractivity contribution in [1.29, 1.82) is 0 Å². The zero-order chi connectivity index (χ0) is 16.5. The van der Waals surface area contributed by atoms with Crippen LogP contribution in [0.15, 0.2) is 0 Å². The predicted molar refractivity (Wildman–Crippen MR) is 88.3 cm³/mol. The molecule has 126 valence electrons. The topological polar surface area (TPSA) is 35.5 Å². The lowest BCUT2D eigenvalue weighted by Crippen LogP contribution is -2.46. The fourth-order valence-corrected chi connectivity index (χ4v) is 3.00. The first-order valence-electron chi connectivity index (χ1n) is 8.52. The molecule has 0 aromatic carbocycles. The molecule has 0 saturated carbocycles. The summed E-state index contributed by atoms with van der Waals surface area (Å²) in [6, 6.07) is 0. The zero-order valence-corrected chi connectivity index (χ0v) is 15.2. The third-order valence-electron chi connectivity index (χ3n) is 4.82. The highest BCUT2D eigenvalue weighted by Gasteiger charge is 2.46. The molecule has 1 atom stereocenters. The van der Waals surface area contributed by atoms with Gasteiger partial charge in [0.1, 0.15) is 0 Å². The number of ether oxygens (including phenoxy) is 2. The summed E-state index contributed by atoms with van der Waals surface area (Å²) >= 11 is 0. The summed E-state index contributed by atoms with van der Waals surface area (Å²) in [5.41, 5.74) is -0.544. The molecule has 1 unspecified atom stereocenters. The molecule has 3 heteroatoms. The van der Waals surface area contributed by atoms with Gasteiger partial charge < -0.3 is 9.47 Å². The second kappa shape index (κ2) is 10.2. The highest BCUT2D eigenvalue weighted by atomic mass is 16.5. The fraction of sp³-hybridized carbons (Fsp3) is 0.944. The highest BCUT2D eigenvalue weighted by molar-refractivity contribution is 5.77. The van der Waals surface area contributed by atoms with Crippen molar-refractivity contribution in [2.24, 2.45) is 23.2 Å². The monoisotopic (exact) mass is 300 g/mol. The first-order valence-corrected chi connectivity index (χ1v) is 8.52. The SMILES string of the molecule is CCCCC(CC)COC(=O)C(COC)(C(C)C)C(C)C. The van der Waals surface area contributed by atoms with Gasteiger partial charge in [-0.05, 0) is 24.2 Å². The van der Waals surface area contributed by atoms with Gasteiger partial charge in [0.15, 0.2) is 0 Å². The number of esters is 1. The van der Waals surface area contributed by atoms with Gasteiger partial charge >= 0.3 is 5.97 Å². The van der Waals surface area contributed by atoms with Gasteiger partial charge in [-0.1, -0.05) is 60.8 Å². The lowest BCUT2D eigenvalue weighted by molar-refractivity contribution is -0.169. The van der Waals surface area contributed by atoms with Crippen molar-refractivity contribution in [2.75, 3.05) is 20.3 Å². The van der Waals surface area contributed by atoms with Crippen molar-refractivity contribution < 1.29 is 14.3 Å². The molecular weight excluding hydrogens is 264 g/mol. The van der Waals surface area contributed by atoms with E-state index in [9.17, 15) is 4.79 Å². The van der Waals surface area contributed by atoms with Gasteiger partial charge in [0.05, 0.1) is 18.6 Å². The van der Waals surface area contributed by atoms with E-state index < -0.39 is 5.41 Å². The maximum Gasteiger partial charge on any atom is 0.314 e. The molecule has 0 aromatic heterocycles. The van der Waals surface area contributed by atoms with E-state index in [0.717, 1.165) is 12.8 Å².